The van der Waals surface area contributed by atoms with Crippen molar-refractivity contribution >= 4 is 11.5 Å². The zero-order chi connectivity index (χ0) is 20.9. The van der Waals surface area contributed by atoms with Crippen LogP contribution in [0.5, 0.6) is 0 Å². The van der Waals surface area contributed by atoms with Gasteiger partial charge in [0.1, 0.15) is 5.84 Å². The highest BCUT2D eigenvalue weighted by Crippen LogP contribution is 2.62. The van der Waals surface area contributed by atoms with E-state index in [2.05, 4.69) is 29.1 Å². The Morgan fingerprint density at radius 3 is 2.60 bits per heavy atom. The van der Waals surface area contributed by atoms with Crippen LogP contribution < -0.4 is 5.73 Å². The maximum Gasteiger partial charge on any atom is 0.184 e. The number of terminal acetylenes is 1. The molecular formula is C25H26N4O. The quantitative estimate of drug-likeness (QED) is 0.781. The van der Waals surface area contributed by atoms with E-state index in [1.165, 1.54) is 11.1 Å². The summed E-state index contributed by atoms with van der Waals surface area (Å²) in [5.41, 5.74) is 11.8. The summed E-state index contributed by atoms with van der Waals surface area (Å²) >= 11 is 0. The van der Waals surface area contributed by atoms with Crippen LogP contribution in [0.2, 0.25) is 0 Å². The number of methoxy groups -OCH3 is 1. The van der Waals surface area contributed by atoms with Crippen molar-refractivity contribution in [1.82, 2.24) is 4.98 Å². The second kappa shape index (κ2) is 6.78. The molecule has 2 spiro atoms. The molecular weight excluding hydrogens is 372 g/mol. The zero-order valence-corrected chi connectivity index (χ0v) is 17.5. The van der Waals surface area contributed by atoms with Crippen molar-refractivity contribution < 1.29 is 4.74 Å². The molecule has 0 bridgehead atoms. The molecule has 5 nitrogen and oxygen atoms in total. The average Bonchev–Trinajstić information content (AvgIpc) is 3.22. The molecule has 152 valence electrons. The lowest BCUT2D eigenvalue weighted by molar-refractivity contribution is -0.000372. The van der Waals surface area contributed by atoms with Crippen LogP contribution in [0.3, 0.4) is 0 Å². The van der Waals surface area contributed by atoms with E-state index in [0.29, 0.717) is 11.9 Å². The highest BCUT2D eigenvalue weighted by molar-refractivity contribution is 6.41. The summed E-state index contributed by atoms with van der Waals surface area (Å²) in [6.45, 7) is 1.96. The van der Waals surface area contributed by atoms with Crippen LogP contribution in [-0.2, 0) is 16.8 Å². The number of benzene rings is 1. The van der Waals surface area contributed by atoms with E-state index in [4.69, 9.17) is 26.9 Å². The van der Waals surface area contributed by atoms with Gasteiger partial charge in [0.25, 0.3) is 0 Å². The topological polar surface area (TPSA) is 72.9 Å². The molecule has 0 unspecified atom stereocenters. The Bertz CT molecular complexity index is 1100. The molecule has 2 heterocycles. The Labute approximate surface area is 177 Å². The van der Waals surface area contributed by atoms with Gasteiger partial charge in [-0.2, -0.15) is 0 Å². The number of aromatic nitrogens is 1. The molecule has 2 aromatic rings. The molecule has 1 aromatic carbocycles. The third kappa shape index (κ3) is 2.64. The van der Waals surface area contributed by atoms with Crippen LogP contribution >= 0.6 is 0 Å². The Kier molecular flexibility index (Phi) is 4.30. The van der Waals surface area contributed by atoms with E-state index in [0.717, 1.165) is 54.5 Å². The van der Waals surface area contributed by atoms with Crippen molar-refractivity contribution in [2.24, 2.45) is 21.1 Å². The van der Waals surface area contributed by atoms with Crippen LogP contribution in [0.25, 0.3) is 11.1 Å². The number of hydrogen-bond acceptors (Lipinski definition) is 5. The molecule has 5 heteroatoms. The second-order valence-electron chi connectivity index (χ2n) is 8.74. The van der Waals surface area contributed by atoms with E-state index < -0.39 is 5.66 Å². The number of amidine groups is 1. The van der Waals surface area contributed by atoms with Crippen molar-refractivity contribution in [1.29, 1.82) is 0 Å². The number of ether oxygens (including phenoxy) is 1. The Balaban J connectivity index is 1.64. The maximum absolute atomic E-state index is 6.28. The minimum atomic E-state index is -0.637. The first-order valence-electron chi connectivity index (χ1n) is 10.5. The lowest BCUT2D eigenvalue weighted by atomic mass is 9.65. The Morgan fingerprint density at radius 1 is 1.13 bits per heavy atom. The first-order valence-corrected chi connectivity index (χ1v) is 10.5. The fraction of sp³-hybridized carbons (Fsp3) is 0.400. The summed E-state index contributed by atoms with van der Waals surface area (Å²) in [7, 11) is 1.81. The minimum absolute atomic E-state index is 0.0513. The minimum Gasteiger partial charge on any atom is -0.382 e. The van der Waals surface area contributed by atoms with Crippen molar-refractivity contribution in [3.63, 3.8) is 0 Å². The number of hydrogen-bond donors (Lipinski definition) is 1. The number of nitrogens with zero attached hydrogens (tertiary/aromatic N) is 3. The van der Waals surface area contributed by atoms with Crippen molar-refractivity contribution in [3.8, 4) is 23.5 Å². The zero-order valence-electron chi connectivity index (χ0n) is 17.5. The number of pyridine rings is 1. The fourth-order valence-corrected chi connectivity index (χ4v) is 5.53. The molecule has 1 saturated carbocycles. The van der Waals surface area contributed by atoms with Crippen molar-refractivity contribution in [3.05, 3.63) is 53.3 Å². The molecule has 0 radical (unpaired) electrons. The van der Waals surface area contributed by atoms with E-state index in [1.807, 2.05) is 19.2 Å². The largest absolute Gasteiger partial charge is 0.382 e. The number of nitrogens with two attached hydrogens (primary N) is 1. The summed E-state index contributed by atoms with van der Waals surface area (Å²) in [4.78, 5) is 14.5. The first kappa shape index (κ1) is 19.0. The van der Waals surface area contributed by atoms with Crippen molar-refractivity contribution in [2.75, 3.05) is 7.11 Å². The van der Waals surface area contributed by atoms with Gasteiger partial charge in [0.05, 0.1) is 11.8 Å². The van der Waals surface area contributed by atoms with Crippen molar-refractivity contribution in [2.45, 2.75) is 50.8 Å². The molecule has 0 saturated heterocycles. The summed E-state index contributed by atoms with van der Waals surface area (Å²) < 4.78 is 5.64. The number of fused-ring (bicyclic) bond motifs is 3. The van der Waals surface area contributed by atoms with Gasteiger partial charge in [-0.3, -0.25) is 9.98 Å². The Hall–Kier alpha value is -2.97. The standard InChI is InChI=1S/C25H26N4O/c1-4-17-11-20(15-27-14-17)18-5-6-19-13-24(9-7-21(30-3)8-10-24)25(22(19)12-18)28-16(2)23(26)29-25/h1,5-6,11-12,14-15,21H,7-10,13H2,2-3H3,(H2,26,29)/t21?,24?,25-/m0/s1. The van der Waals surface area contributed by atoms with Crippen LogP contribution in [0.15, 0.2) is 46.6 Å². The number of rotatable bonds is 2. The van der Waals surface area contributed by atoms with Gasteiger partial charge in [-0.15, -0.1) is 6.42 Å². The molecule has 0 amide bonds. The fourth-order valence-electron chi connectivity index (χ4n) is 5.53. The van der Waals surface area contributed by atoms with Gasteiger partial charge >= 0.3 is 0 Å². The average molecular weight is 399 g/mol. The van der Waals surface area contributed by atoms with Gasteiger partial charge in [0.2, 0.25) is 0 Å². The third-order valence-corrected chi connectivity index (χ3v) is 7.20. The molecule has 1 aromatic heterocycles. The SMILES string of the molecule is C#Cc1cncc(-c2ccc3c(c2)[C@@]2(N=C(C)C(N)=N2)C2(CCC(OC)CC2)C3)c1. The van der Waals surface area contributed by atoms with Gasteiger partial charge in [0.15, 0.2) is 5.66 Å². The smallest absolute Gasteiger partial charge is 0.184 e. The molecule has 3 aliphatic rings. The van der Waals surface area contributed by atoms with Gasteiger partial charge < -0.3 is 10.5 Å². The van der Waals surface area contributed by atoms with E-state index in [-0.39, 0.29) is 5.41 Å². The molecule has 5 rings (SSSR count). The highest BCUT2D eigenvalue weighted by atomic mass is 16.5. The molecule has 1 atom stereocenters. The molecule has 30 heavy (non-hydrogen) atoms. The van der Waals surface area contributed by atoms with E-state index >= 15 is 0 Å². The molecule has 1 aliphatic heterocycles. The second-order valence-corrected chi connectivity index (χ2v) is 8.74. The van der Waals surface area contributed by atoms with Crippen LogP contribution in [0.4, 0.5) is 0 Å². The van der Waals surface area contributed by atoms with E-state index in [9.17, 15) is 0 Å². The number of aliphatic imine (C=N–C) groups is 2. The summed E-state index contributed by atoms with van der Waals surface area (Å²) in [6, 6.07) is 8.60. The normalized spacial score (nSPS) is 29.6. The summed E-state index contributed by atoms with van der Waals surface area (Å²) in [5, 5.41) is 0. The Morgan fingerprint density at radius 2 is 1.93 bits per heavy atom. The van der Waals surface area contributed by atoms with Crippen LogP contribution in [-0.4, -0.2) is 29.7 Å². The predicted molar refractivity (Wildman–Crippen MR) is 119 cm³/mol. The van der Waals surface area contributed by atoms with Gasteiger partial charge in [-0.25, -0.2) is 4.99 Å². The monoisotopic (exact) mass is 398 g/mol. The van der Waals surface area contributed by atoms with Crippen LogP contribution in [0, 0.1) is 17.8 Å². The third-order valence-electron chi connectivity index (χ3n) is 7.20. The maximum atomic E-state index is 6.28. The molecule has 1 fully saturated rings. The lowest BCUT2D eigenvalue weighted by Crippen LogP contribution is -2.43. The van der Waals surface area contributed by atoms with Crippen LogP contribution in [0.1, 0.15) is 49.3 Å². The van der Waals surface area contributed by atoms with Gasteiger partial charge in [-0.05, 0) is 62.3 Å². The lowest BCUT2D eigenvalue weighted by Gasteiger charge is -2.44. The van der Waals surface area contributed by atoms with Gasteiger partial charge in [0, 0.05) is 41.6 Å². The summed E-state index contributed by atoms with van der Waals surface area (Å²) in [5.74, 6) is 3.22. The molecule has 2 N–H and O–H groups in total. The molecule has 2 aliphatic carbocycles. The van der Waals surface area contributed by atoms with Gasteiger partial charge in [-0.1, -0.05) is 18.1 Å². The van der Waals surface area contributed by atoms with E-state index in [1.54, 1.807) is 13.3 Å². The first-order chi connectivity index (χ1) is 14.5. The predicted octanol–water partition coefficient (Wildman–Crippen LogP) is 3.85. The summed E-state index contributed by atoms with van der Waals surface area (Å²) in [6.07, 6.45) is 14.5. The highest BCUT2D eigenvalue weighted by Gasteiger charge is 2.60.